The lowest BCUT2D eigenvalue weighted by molar-refractivity contribution is 0.279. The number of nitrogens with zero attached hydrogens (tertiary/aromatic N) is 1. The molecule has 1 aromatic heterocycles. The van der Waals surface area contributed by atoms with Crippen molar-refractivity contribution in [3.63, 3.8) is 0 Å². The van der Waals surface area contributed by atoms with Crippen molar-refractivity contribution in [2.45, 2.75) is 72.6 Å². The second kappa shape index (κ2) is 5.38. The fourth-order valence-corrected chi connectivity index (χ4v) is 2.49. The first kappa shape index (κ1) is 15.3. The molecule has 0 radical (unpaired) electrons. The minimum atomic E-state index is 0.100. The minimum absolute atomic E-state index is 0.100. The van der Waals surface area contributed by atoms with E-state index in [0.29, 0.717) is 5.41 Å². The maximum atomic E-state index is 5.92. The molecule has 0 amide bonds. The van der Waals surface area contributed by atoms with Crippen molar-refractivity contribution < 1.29 is 4.74 Å². The van der Waals surface area contributed by atoms with Gasteiger partial charge in [0.2, 0.25) is 0 Å². The lowest BCUT2D eigenvalue weighted by Crippen LogP contribution is -2.19. The van der Waals surface area contributed by atoms with E-state index >= 15 is 0 Å². The van der Waals surface area contributed by atoms with Crippen LogP contribution in [0.4, 0.5) is 0 Å². The molecule has 1 aliphatic heterocycles. The van der Waals surface area contributed by atoms with E-state index in [0.717, 1.165) is 38.0 Å². The summed E-state index contributed by atoms with van der Waals surface area (Å²) >= 11 is 0. The van der Waals surface area contributed by atoms with Crippen LogP contribution in [-0.2, 0) is 18.3 Å². The van der Waals surface area contributed by atoms with Gasteiger partial charge in [-0.25, -0.2) is 0 Å². The molecule has 2 nitrogen and oxygen atoms in total. The second-order valence-electron chi connectivity index (χ2n) is 8.21. The molecule has 0 unspecified atom stereocenters. The highest BCUT2D eigenvalue weighted by Gasteiger charge is 2.24. The highest BCUT2D eigenvalue weighted by molar-refractivity contribution is 5.42. The summed E-state index contributed by atoms with van der Waals surface area (Å²) in [5, 5.41) is 0. The van der Waals surface area contributed by atoms with Crippen LogP contribution in [0.3, 0.4) is 0 Å². The van der Waals surface area contributed by atoms with Gasteiger partial charge in [-0.2, -0.15) is 0 Å². The maximum absolute atomic E-state index is 5.92. The van der Waals surface area contributed by atoms with Crippen molar-refractivity contribution in [1.29, 1.82) is 0 Å². The third kappa shape index (κ3) is 3.74. The molecule has 0 fully saturated rings. The van der Waals surface area contributed by atoms with Crippen LogP contribution in [0, 0.1) is 5.41 Å². The summed E-state index contributed by atoms with van der Waals surface area (Å²) in [6.45, 7) is 14.4. The number of hydrogen-bond acceptors (Lipinski definition) is 2. The van der Waals surface area contributed by atoms with Crippen LogP contribution in [0.1, 0.15) is 71.3 Å². The second-order valence-corrected chi connectivity index (χ2v) is 8.21. The quantitative estimate of drug-likeness (QED) is 0.781. The molecule has 0 N–H and O–H groups in total. The molecule has 2 heteroatoms. The summed E-state index contributed by atoms with van der Waals surface area (Å²) in [7, 11) is 0. The standard InChI is InChI=1S/C18H29NO/c1-17(2,3)10-9-14-16-13(8-7-11-20-16)12-15(19-14)18(4,5)6/h12H,7-11H2,1-6H3. The Balaban J connectivity index is 2.37. The summed E-state index contributed by atoms with van der Waals surface area (Å²) in [4.78, 5) is 4.94. The van der Waals surface area contributed by atoms with E-state index in [1.807, 2.05) is 0 Å². The predicted molar refractivity (Wildman–Crippen MR) is 84.5 cm³/mol. The fourth-order valence-electron chi connectivity index (χ4n) is 2.49. The Morgan fingerprint density at radius 3 is 2.45 bits per heavy atom. The molecular formula is C18H29NO. The van der Waals surface area contributed by atoms with Crippen molar-refractivity contribution in [2.75, 3.05) is 6.61 Å². The van der Waals surface area contributed by atoms with Crippen molar-refractivity contribution in [3.8, 4) is 5.75 Å². The molecule has 0 bridgehead atoms. The topological polar surface area (TPSA) is 22.1 Å². The molecule has 0 atom stereocenters. The highest BCUT2D eigenvalue weighted by atomic mass is 16.5. The Kier molecular flexibility index (Phi) is 4.13. The zero-order chi connectivity index (χ0) is 15.0. The minimum Gasteiger partial charge on any atom is -0.491 e. The fraction of sp³-hybridized carbons (Fsp3) is 0.722. The number of fused-ring (bicyclic) bond motifs is 1. The SMILES string of the molecule is CC(C)(C)CCc1nc(C(C)(C)C)cc2c1OCCC2. The summed E-state index contributed by atoms with van der Waals surface area (Å²) in [6, 6.07) is 2.26. The van der Waals surface area contributed by atoms with Gasteiger partial charge in [0.15, 0.2) is 0 Å². The summed E-state index contributed by atoms with van der Waals surface area (Å²) < 4.78 is 5.92. The number of hydrogen-bond donors (Lipinski definition) is 0. The van der Waals surface area contributed by atoms with Gasteiger partial charge in [0.1, 0.15) is 5.75 Å². The lowest BCUT2D eigenvalue weighted by atomic mass is 9.87. The number of aryl methyl sites for hydroxylation is 2. The van der Waals surface area contributed by atoms with Gasteiger partial charge in [0, 0.05) is 11.1 Å². The normalized spacial score (nSPS) is 15.7. The monoisotopic (exact) mass is 275 g/mol. The van der Waals surface area contributed by atoms with E-state index in [1.165, 1.54) is 17.0 Å². The van der Waals surface area contributed by atoms with E-state index in [1.54, 1.807) is 0 Å². The predicted octanol–water partition coefficient (Wildman–Crippen LogP) is 4.68. The van der Waals surface area contributed by atoms with Gasteiger partial charge < -0.3 is 4.74 Å². The van der Waals surface area contributed by atoms with E-state index in [4.69, 9.17) is 9.72 Å². The molecule has 2 heterocycles. The average molecular weight is 275 g/mol. The summed E-state index contributed by atoms with van der Waals surface area (Å²) in [6.07, 6.45) is 4.40. The van der Waals surface area contributed by atoms with Crippen molar-refractivity contribution in [2.24, 2.45) is 5.41 Å². The Morgan fingerprint density at radius 1 is 1.15 bits per heavy atom. The molecule has 0 aromatic carbocycles. The molecule has 112 valence electrons. The molecule has 1 aliphatic rings. The van der Waals surface area contributed by atoms with Gasteiger partial charge in [-0.05, 0) is 42.7 Å². The zero-order valence-electron chi connectivity index (χ0n) is 14.0. The van der Waals surface area contributed by atoms with Crippen molar-refractivity contribution >= 4 is 0 Å². The van der Waals surface area contributed by atoms with E-state index in [-0.39, 0.29) is 5.41 Å². The summed E-state index contributed by atoms with van der Waals surface area (Å²) in [5.41, 5.74) is 4.16. The van der Waals surface area contributed by atoms with Crippen LogP contribution < -0.4 is 4.74 Å². The van der Waals surface area contributed by atoms with Gasteiger partial charge in [-0.3, -0.25) is 4.98 Å². The molecule has 0 aliphatic carbocycles. The number of aromatic nitrogens is 1. The van der Waals surface area contributed by atoms with Gasteiger partial charge >= 0.3 is 0 Å². The van der Waals surface area contributed by atoms with Crippen molar-refractivity contribution in [1.82, 2.24) is 4.98 Å². The van der Waals surface area contributed by atoms with Gasteiger partial charge in [-0.15, -0.1) is 0 Å². The summed E-state index contributed by atoms with van der Waals surface area (Å²) in [5.74, 6) is 1.08. The molecule has 0 saturated carbocycles. The average Bonchev–Trinajstić information content (AvgIpc) is 2.33. The van der Waals surface area contributed by atoms with Gasteiger partial charge in [-0.1, -0.05) is 41.5 Å². The molecule has 0 saturated heterocycles. The Hall–Kier alpha value is -1.05. The Bertz CT molecular complexity index is 477. The van der Waals surface area contributed by atoms with Crippen LogP contribution in [0.2, 0.25) is 0 Å². The van der Waals surface area contributed by atoms with Crippen molar-refractivity contribution in [3.05, 3.63) is 23.0 Å². The molecule has 1 aromatic rings. The number of pyridine rings is 1. The van der Waals surface area contributed by atoms with E-state index in [2.05, 4.69) is 47.6 Å². The maximum Gasteiger partial charge on any atom is 0.143 e. The first-order valence-corrected chi connectivity index (χ1v) is 7.83. The lowest BCUT2D eigenvalue weighted by Gasteiger charge is -2.26. The van der Waals surface area contributed by atoms with Crippen LogP contribution >= 0.6 is 0 Å². The van der Waals surface area contributed by atoms with Crippen LogP contribution in [0.5, 0.6) is 5.75 Å². The van der Waals surface area contributed by atoms with Gasteiger partial charge in [0.05, 0.1) is 12.3 Å². The Labute approximate surface area is 124 Å². The van der Waals surface area contributed by atoms with Crippen LogP contribution in [0.15, 0.2) is 6.07 Å². The third-order valence-electron chi connectivity index (χ3n) is 3.84. The number of ether oxygens (including phenoxy) is 1. The highest BCUT2D eigenvalue weighted by Crippen LogP contribution is 2.34. The molecule has 2 rings (SSSR count). The third-order valence-corrected chi connectivity index (χ3v) is 3.84. The smallest absolute Gasteiger partial charge is 0.143 e. The molecule has 20 heavy (non-hydrogen) atoms. The first-order valence-electron chi connectivity index (χ1n) is 7.83. The zero-order valence-corrected chi connectivity index (χ0v) is 14.0. The van der Waals surface area contributed by atoms with E-state index < -0.39 is 0 Å². The molecular weight excluding hydrogens is 246 g/mol. The Morgan fingerprint density at radius 2 is 1.85 bits per heavy atom. The van der Waals surface area contributed by atoms with E-state index in [9.17, 15) is 0 Å². The largest absolute Gasteiger partial charge is 0.491 e. The number of rotatable bonds is 2. The first-order chi connectivity index (χ1) is 9.17. The van der Waals surface area contributed by atoms with Crippen LogP contribution in [-0.4, -0.2) is 11.6 Å². The van der Waals surface area contributed by atoms with Crippen LogP contribution in [0.25, 0.3) is 0 Å². The van der Waals surface area contributed by atoms with Gasteiger partial charge in [0.25, 0.3) is 0 Å². The molecule has 0 spiro atoms.